The fourth-order valence-corrected chi connectivity index (χ4v) is 1.95. The van der Waals surface area contributed by atoms with Gasteiger partial charge in [0.1, 0.15) is 6.04 Å². The van der Waals surface area contributed by atoms with Gasteiger partial charge in [0.15, 0.2) is 0 Å². The lowest BCUT2D eigenvalue weighted by Gasteiger charge is -2.26. The topological polar surface area (TPSA) is 86.7 Å². The maximum absolute atomic E-state index is 12.3. The minimum Gasteiger partial charge on any atom is -0.480 e. The standard InChI is InChI=1S/C16H22N2O4/c1-3-7-14(19)17-10-15(20)18(12(2)16(21)22)11-13-8-5-4-6-9-13/h4-6,8-9,12H,3,7,10-11H2,1-2H3,(H,17,19)(H,21,22). The molecule has 0 heterocycles. The number of amides is 2. The molecular weight excluding hydrogens is 284 g/mol. The average Bonchev–Trinajstić information content (AvgIpc) is 2.51. The molecule has 0 saturated carbocycles. The summed E-state index contributed by atoms with van der Waals surface area (Å²) in [5, 5.41) is 11.7. The van der Waals surface area contributed by atoms with E-state index in [1.807, 2.05) is 37.3 Å². The van der Waals surface area contributed by atoms with Gasteiger partial charge in [0, 0.05) is 13.0 Å². The number of aliphatic carboxylic acids is 1. The molecular formula is C16H22N2O4. The zero-order chi connectivity index (χ0) is 16.5. The highest BCUT2D eigenvalue weighted by Gasteiger charge is 2.25. The Kier molecular flexibility index (Phi) is 7.08. The summed E-state index contributed by atoms with van der Waals surface area (Å²) in [4.78, 5) is 36.1. The lowest BCUT2D eigenvalue weighted by Crippen LogP contribution is -2.47. The van der Waals surface area contributed by atoms with Gasteiger partial charge in [-0.3, -0.25) is 9.59 Å². The Morgan fingerprint density at radius 3 is 2.41 bits per heavy atom. The molecule has 1 rings (SSSR count). The third-order valence-corrected chi connectivity index (χ3v) is 3.25. The molecule has 1 aromatic carbocycles. The summed E-state index contributed by atoms with van der Waals surface area (Å²) in [6.07, 6.45) is 1.04. The van der Waals surface area contributed by atoms with Crippen molar-refractivity contribution in [2.24, 2.45) is 0 Å². The van der Waals surface area contributed by atoms with Crippen LogP contribution in [-0.4, -0.2) is 40.4 Å². The van der Waals surface area contributed by atoms with Crippen molar-refractivity contribution in [2.45, 2.75) is 39.3 Å². The summed E-state index contributed by atoms with van der Waals surface area (Å²) in [6.45, 7) is 3.33. The molecule has 0 aliphatic carbocycles. The summed E-state index contributed by atoms with van der Waals surface area (Å²) >= 11 is 0. The molecule has 0 aliphatic rings. The normalized spacial score (nSPS) is 11.5. The van der Waals surface area contributed by atoms with Gasteiger partial charge in [0.25, 0.3) is 0 Å². The molecule has 6 heteroatoms. The SMILES string of the molecule is CCCC(=O)NCC(=O)N(Cc1ccccc1)C(C)C(=O)O. The van der Waals surface area contributed by atoms with Gasteiger partial charge in [-0.15, -0.1) is 0 Å². The molecule has 2 amide bonds. The summed E-state index contributed by atoms with van der Waals surface area (Å²) < 4.78 is 0. The van der Waals surface area contributed by atoms with Gasteiger partial charge >= 0.3 is 5.97 Å². The predicted octanol–water partition coefficient (Wildman–Crippen LogP) is 1.40. The van der Waals surface area contributed by atoms with Gasteiger partial charge in [-0.25, -0.2) is 4.79 Å². The largest absolute Gasteiger partial charge is 0.480 e. The number of benzene rings is 1. The third kappa shape index (κ3) is 5.55. The molecule has 1 aromatic rings. The maximum atomic E-state index is 12.3. The second-order valence-electron chi connectivity index (χ2n) is 5.05. The smallest absolute Gasteiger partial charge is 0.326 e. The maximum Gasteiger partial charge on any atom is 0.326 e. The summed E-state index contributed by atoms with van der Waals surface area (Å²) in [6, 6.07) is 8.19. The molecule has 0 aliphatic heterocycles. The van der Waals surface area contributed by atoms with Crippen LogP contribution in [0.3, 0.4) is 0 Å². The average molecular weight is 306 g/mol. The molecule has 0 fully saturated rings. The minimum atomic E-state index is -1.08. The van der Waals surface area contributed by atoms with Crippen molar-refractivity contribution in [3.63, 3.8) is 0 Å². The van der Waals surface area contributed by atoms with E-state index >= 15 is 0 Å². The van der Waals surface area contributed by atoms with E-state index in [-0.39, 0.29) is 19.0 Å². The highest BCUT2D eigenvalue weighted by Crippen LogP contribution is 2.09. The number of carbonyl (C=O) groups is 3. The fourth-order valence-electron chi connectivity index (χ4n) is 1.95. The fraction of sp³-hybridized carbons (Fsp3) is 0.438. The van der Waals surface area contributed by atoms with E-state index in [4.69, 9.17) is 5.11 Å². The minimum absolute atomic E-state index is 0.191. The van der Waals surface area contributed by atoms with E-state index in [0.29, 0.717) is 12.8 Å². The molecule has 1 unspecified atom stereocenters. The van der Waals surface area contributed by atoms with Crippen molar-refractivity contribution in [1.82, 2.24) is 10.2 Å². The molecule has 1 atom stereocenters. The van der Waals surface area contributed by atoms with Gasteiger partial charge in [-0.05, 0) is 18.9 Å². The van der Waals surface area contributed by atoms with Crippen LogP contribution in [-0.2, 0) is 20.9 Å². The van der Waals surface area contributed by atoms with Crippen LogP contribution in [0.2, 0.25) is 0 Å². The van der Waals surface area contributed by atoms with E-state index in [1.165, 1.54) is 11.8 Å². The number of hydrogen-bond acceptors (Lipinski definition) is 3. The van der Waals surface area contributed by atoms with E-state index < -0.39 is 17.9 Å². The molecule has 6 nitrogen and oxygen atoms in total. The number of nitrogens with zero attached hydrogens (tertiary/aromatic N) is 1. The van der Waals surface area contributed by atoms with Crippen LogP contribution in [0.4, 0.5) is 0 Å². The van der Waals surface area contributed by atoms with Gasteiger partial charge in [0.05, 0.1) is 6.54 Å². The van der Waals surface area contributed by atoms with Crippen molar-refractivity contribution in [1.29, 1.82) is 0 Å². The third-order valence-electron chi connectivity index (χ3n) is 3.25. The number of carboxylic acid groups (broad SMARTS) is 1. The van der Waals surface area contributed by atoms with Crippen LogP contribution in [0.5, 0.6) is 0 Å². The first kappa shape index (κ1) is 17.7. The highest BCUT2D eigenvalue weighted by atomic mass is 16.4. The monoisotopic (exact) mass is 306 g/mol. The Balaban J connectivity index is 2.75. The molecule has 0 aromatic heterocycles. The number of hydrogen-bond donors (Lipinski definition) is 2. The molecule has 0 saturated heterocycles. The summed E-state index contributed by atoms with van der Waals surface area (Å²) in [7, 11) is 0. The van der Waals surface area contributed by atoms with Crippen LogP contribution in [0.15, 0.2) is 30.3 Å². The van der Waals surface area contributed by atoms with Crippen molar-refractivity contribution in [2.75, 3.05) is 6.54 Å². The van der Waals surface area contributed by atoms with E-state index in [9.17, 15) is 14.4 Å². The highest BCUT2D eigenvalue weighted by molar-refractivity contribution is 5.87. The second-order valence-corrected chi connectivity index (χ2v) is 5.05. The van der Waals surface area contributed by atoms with Crippen molar-refractivity contribution in [3.8, 4) is 0 Å². The van der Waals surface area contributed by atoms with Crippen molar-refractivity contribution < 1.29 is 19.5 Å². The van der Waals surface area contributed by atoms with Crippen LogP contribution in [0.1, 0.15) is 32.3 Å². The van der Waals surface area contributed by atoms with Crippen LogP contribution in [0, 0.1) is 0 Å². The molecule has 120 valence electrons. The number of rotatable bonds is 8. The van der Waals surface area contributed by atoms with Gasteiger partial charge in [-0.1, -0.05) is 37.3 Å². The van der Waals surface area contributed by atoms with Gasteiger partial charge < -0.3 is 15.3 Å². The molecule has 0 spiro atoms. The molecule has 22 heavy (non-hydrogen) atoms. The van der Waals surface area contributed by atoms with E-state index in [2.05, 4.69) is 5.32 Å². The van der Waals surface area contributed by atoms with Crippen LogP contribution in [0.25, 0.3) is 0 Å². The lowest BCUT2D eigenvalue weighted by atomic mass is 10.1. The second kappa shape index (κ2) is 8.81. The zero-order valence-electron chi connectivity index (χ0n) is 12.9. The van der Waals surface area contributed by atoms with Gasteiger partial charge in [0.2, 0.25) is 11.8 Å². The Bertz CT molecular complexity index is 516. The number of carboxylic acids is 1. The van der Waals surface area contributed by atoms with E-state index in [1.54, 1.807) is 0 Å². The van der Waals surface area contributed by atoms with Crippen LogP contribution < -0.4 is 5.32 Å². The quantitative estimate of drug-likeness (QED) is 0.760. The first-order chi connectivity index (χ1) is 10.5. The number of carbonyl (C=O) groups excluding carboxylic acids is 2. The Hall–Kier alpha value is -2.37. The number of nitrogens with one attached hydrogen (secondary N) is 1. The molecule has 0 radical (unpaired) electrons. The van der Waals surface area contributed by atoms with Crippen molar-refractivity contribution >= 4 is 17.8 Å². The summed E-state index contributed by atoms with van der Waals surface area (Å²) in [5.41, 5.74) is 0.837. The van der Waals surface area contributed by atoms with Gasteiger partial charge in [-0.2, -0.15) is 0 Å². The first-order valence-electron chi connectivity index (χ1n) is 7.28. The molecule has 2 N–H and O–H groups in total. The first-order valence-corrected chi connectivity index (χ1v) is 7.28. The van der Waals surface area contributed by atoms with E-state index in [0.717, 1.165) is 5.56 Å². The zero-order valence-corrected chi connectivity index (χ0v) is 12.9. The Labute approximate surface area is 130 Å². The Morgan fingerprint density at radius 2 is 1.86 bits per heavy atom. The molecule has 0 bridgehead atoms. The predicted molar refractivity (Wildman–Crippen MR) is 82.0 cm³/mol. The van der Waals surface area contributed by atoms with Crippen molar-refractivity contribution in [3.05, 3.63) is 35.9 Å². The Morgan fingerprint density at radius 1 is 1.23 bits per heavy atom. The van der Waals surface area contributed by atoms with Crippen LogP contribution >= 0.6 is 0 Å². The summed E-state index contributed by atoms with van der Waals surface area (Å²) in [5.74, 6) is -1.70. The lowest BCUT2D eigenvalue weighted by molar-refractivity contribution is -0.149.